The van der Waals surface area contributed by atoms with Crippen LogP contribution in [0.15, 0.2) is 42.5 Å². The van der Waals surface area contributed by atoms with Crippen LogP contribution in [-0.2, 0) is 0 Å². The van der Waals surface area contributed by atoms with E-state index in [9.17, 15) is 4.79 Å². The Morgan fingerprint density at radius 1 is 1.08 bits per heavy atom. The van der Waals surface area contributed by atoms with Gasteiger partial charge in [-0.2, -0.15) is 0 Å². The summed E-state index contributed by atoms with van der Waals surface area (Å²) >= 11 is 1.57. The minimum Gasteiger partial charge on any atom is -0.308 e. The Kier molecular flexibility index (Phi) is 5.16. The Morgan fingerprint density at radius 2 is 1.84 bits per heavy atom. The lowest BCUT2D eigenvalue weighted by Crippen LogP contribution is -2.36. The van der Waals surface area contributed by atoms with Crippen LogP contribution in [-0.4, -0.2) is 43.0 Å². The third kappa shape index (κ3) is 3.89. The number of rotatable bonds is 5. The highest BCUT2D eigenvalue weighted by atomic mass is 32.1. The van der Waals surface area contributed by atoms with Crippen LogP contribution in [0.4, 0.5) is 5.13 Å². The number of para-hydroxylation sites is 1. The normalized spacial score (nSPS) is 11.2. The maximum atomic E-state index is 13.1. The zero-order valence-electron chi connectivity index (χ0n) is 15.1. The van der Waals surface area contributed by atoms with Crippen molar-refractivity contribution in [3.05, 3.63) is 59.2 Å². The first-order valence-corrected chi connectivity index (χ1v) is 9.17. The first-order valence-electron chi connectivity index (χ1n) is 8.35. The minimum atomic E-state index is 0.00209. The predicted octanol–water partition coefficient (Wildman–Crippen LogP) is 4.12. The highest BCUT2D eigenvalue weighted by Crippen LogP contribution is 2.31. The molecule has 0 aliphatic rings. The van der Waals surface area contributed by atoms with Gasteiger partial charge in [-0.05, 0) is 51.7 Å². The van der Waals surface area contributed by atoms with Crippen molar-refractivity contribution in [2.24, 2.45) is 0 Å². The molecule has 0 atom stereocenters. The molecular weight excluding hydrogens is 330 g/mol. The van der Waals surface area contributed by atoms with Gasteiger partial charge in [0, 0.05) is 18.7 Å². The minimum absolute atomic E-state index is 0.00209. The van der Waals surface area contributed by atoms with E-state index < -0.39 is 0 Å². The number of fused-ring (bicyclic) bond motifs is 1. The molecule has 0 bridgehead atoms. The number of carbonyl (C=O) groups is 1. The van der Waals surface area contributed by atoms with Crippen LogP contribution in [0.1, 0.15) is 21.5 Å². The molecule has 0 aliphatic carbocycles. The highest BCUT2D eigenvalue weighted by molar-refractivity contribution is 7.22. The summed E-state index contributed by atoms with van der Waals surface area (Å²) in [7, 11) is 4.02. The second-order valence-corrected chi connectivity index (χ2v) is 7.56. The molecule has 5 heteroatoms. The number of amides is 1. The second-order valence-electron chi connectivity index (χ2n) is 6.55. The molecule has 0 radical (unpaired) electrons. The average molecular weight is 353 g/mol. The fraction of sp³-hybridized carbons (Fsp3) is 0.300. The van der Waals surface area contributed by atoms with Crippen molar-refractivity contribution in [1.82, 2.24) is 9.88 Å². The monoisotopic (exact) mass is 353 g/mol. The van der Waals surface area contributed by atoms with Crippen molar-refractivity contribution in [2.75, 3.05) is 32.1 Å². The zero-order valence-corrected chi connectivity index (χ0v) is 15.9. The SMILES string of the molecule is Cc1cccc(C(=O)N(CCN(C)C)c2nc3c(C)cccc3s2)c1. The Balaban J connectivity index is 2.01. The molecule has 0 N–H and O–H groups in total. The van der Waals surface area contributed by atoms with Crippen LogP contribution in [0.2, 0.25) is 0 Å². The van der Waals surface area contributed by atoms with Gasteiger partial charge in [0.25, 0.3) is 5.91 Å². The summed E-state index contributed by atoms with van der Waals surface area (Å²) in [6.45, 7) is 5.45. The van der Waals surface area contributed by atoms with Crippen molar-refractivity contribution in [1.29, 1.82) is 0 Å². The maximum Gasteiger partial charge on any atom is 0.260 e. The van der Waals surface area contributed by atoms with Gasteiger partial charge in [0.2, 0.25) is 0 Å². The molecule has 0 saturated heterocycles. The quantitative estimate of drug-likeness (QED) is 0.692. The van der Waals surface area contributed by atoms with E-state index in [1.165, 1.54) is 0 Å². The summed E-state index contributed by atoms with van der Waals surface area (Å²) in [5, 5.41) is 0.762. The van der Waals surface area contributed by atoms with E-state index in [0.717, 1.165) is 33.0 Å². The number of benzene rings is 2. The summed E-state index contributed by atoms with van der Waals surface area (Å²) in [5.74, 6) is 0.00209. The molecule has 130 valence electrons. The van der Waals surface area contributed by atoms with Crippen LogP contribution >= 0.6 is 11.3 Å². The number of nitrogens with zero attached hydrogens (tertiary/aromatic N) is 3. The second kappa shape index (κ2) is 7.33. The van der Waals surface area contributed by atoms with Crippen molar-refractivity contribution in [3.63, 3.8) is 0 Å². The van der Waals surface area contributed by atoms with E-state index in [1.54, 1.807) is 16.2 Å². The van der Waals surface area contributed by atoms with E-state index >= 15 is 0 Å². The molecular formula is C20H23N3OS. The topological polar surface area (TPSA) is 36.4 Å². The highest BCUT2D eigenvalue weighted by Gasteiger charge is 2.21. The zero-order chi connectivity index (χ0) is 18.0. The molecule has 3 rings (SSSR count). The molecule has 1 amide bonds. The van der Waals surface area contributed by atoms with Crippen LogP contribution < -0.4 is 4.90 Å². The number of anilines is 1. The van der Waals surface area contributed by atoms with Gasteiger partial charge in [0.05, 0.1) is 10.2 Å². The summed E-state index contributed by atoms with van der Waals surface area (Å²) in [6, 6.07) is 13.9. The van der Waals surface area contributed by atoms with Gasteiger partial charge in [0.1, 0.15) is 0 Å². The van der Waals surface area contributed by atoms with Crippen molar-refractivity contribution in [2.45, 2.75) is 13.8 Å². The summed E-state index contributed by atoms with van der Waals surface area (Å²) in [6.07, 6.45) is 0. The van der Waals surface area contributed by atoms with Gasteiger partial charge in [-0.3, -0.25) is 9.69 Å². The van der Waals surface area contributed by atoms with Gasteiger partial charge in [-0.25, -0.2) is 4.98 Å². The molecule has 0 saturated carbocycles. The smallest absolute Gasteiger partial charge is 0.260 e. The molecule has 0 spiro atoms. The fourth-order valence-corrected chi connectivity index (χ4v) is 3.78. The van der Waals surface area contributed by atoms with E-state index in [-0.39, 0.29) is 5.91 Å². The molecule has 0 fully saturated rings. The predicted molar refractivity (Wildman–Crippen MR) is 106 cm³/mol. The summed E-state index contributed by atoms with van der Waals surface area (Å²) in [4.78, 5) is 21.8. The number of hydrogen-bond donors (Lipinski definition) is 0. The standard InChI is InChI=1S/C20H23N3OS/c1-14-7-5-9-16(13-14)19(24)23(12-11-22(3)4)20-21-18-15(2)8-6-10-17(18)25-20/h5-10,13H,11-12H2,1-4H3. The van der Waals surface area contributed by atoms with Crippen LogP contribution in [0, 0.1) is 13.8 Å². The van der Waals surface area contributed by atoms with Crippen LogP contribution in [0.3, 0.4) is 0 Å². The van der Waals surface area contributed by atoms with Crippen molar-refractivity contribution < 1.29 is 4.79 Å². The van der Waals surface area contributed by atoms with E-state index in [1.807, 2.05) is 51.4 Å². The molecule has 1 heterocycles. The van der Waals surface area contributed by atoms with Crippen LogP contribution in [0.25, 0.3) is 10.2 Å². The van der Waals surface area contributed by atoms with Gasteiger partial charge in [-0.1, -0.05) is 41.2 Å². The Bertz CT molecular complexity index is 901. The third-order valence-corrected chi connectivity index (χ3v) is 5.16. The molecule has 4 nitrogen and oxygen atoms in total. The largest absolute Gasteiger partial charge is 0.308 e. The molecule has 1 aromatic heterocycles. The summed E-state index contributed by atoms with van der Waals surface area (Å²) in [5.41, 5.74) is 3.90. The Hall–Kier alpha value is -2.24. The van der Waals surface area contributed by atoms with Gasteiger partial charge >= 0.3 is 0 Å². The van der Waals surface area contributed by atoms with Gasteiger partial charge in [0.15, 0.2) is 5.13 Å². The lowest BCUT2D eigenvalue weighted by molar-refractivity contribution is 0.0985. The van der Waals surface area contributed by atoms with E-state index in [2.05, 4.69) is 24.0 Å². The lowest BCUT2D eigenvalue weighted by atomic mass is 10.1. The maximum absolute atomic E-state index is 13.1. The number of aromatic nitrogens is 1. The molecule has 2 aromatic carbocycles. The first-order chi connectivity index (χ1) is 12.0. The first kappa shape index (κ1) is 17.6. The van der Waals surface area contributed by atoms with Crippen molar-refractivity contribution in [3.8, 4) is 0 Å². The Labute approximate surface area is 152 Å². The molecule has 3 aromatic rings. The number of likely N-dealkylation sites (N-methyl/N-ethyl adjacent to an activating group) is 1. The number of hydrogen-bond acceptors (Lipinski definition) is 4. The number of thiazole rings is 1. The molecule has 25 heavy (non-hydrogen) atoms. The van der Waals surface area contributed by atoms with Gasteiger partial charge in [-0.15, -0.1) is 0 Å². The molecule has 0 unspecified atom stereocenters. The van der Waals surface area contributed by atoms with E-state index in [0.29, 0.717) is 12.1 Å². The molecule has 0 aliphatic heterocycles. The van der Waals surface area contributed by atoms with Gasteiger partial charge < -0.3 is 4.90 Å². The number of aryl methyl sites for hydroxylation is 2. The lowest BCUT2D eigenvalue weighted by Gasteiger charge is -2.22. The summed E-state index contributed by atoms with van der Waals surface area (Å²) < 4.78 is 1.11. The fourth-order valence-electron chi connectivity index (χ4n) is 2.71. The van der Waals surface area contributed by atoms with Crippen molar-refractivity contribution >= 4 is 32.6 Å². The van der Waals surface area contributed by atoms with Crippen LogP contribution in [0.5, 0.6) is 0 Å². The Morgan fingerprint density at radius 3 is 2.52 bits per heavy atom. The number of carbonyl (C=O) groups excluding carboxylic acids is 1. The van der Waals surface area contributed by atoms with E-state index in [4.69, 9.17) is 4.98 Å². The average Bonchev–Trinajstić information content (AvgIpc) is 3.00. The third-order valence-electron chi connectivity index (χ3n) is 4.12.